The van der Waals surface area contributed by atoms with Gasteiger partial charge in [0, 0.05) is 25.0 Å². The van der Waals surface area contributed by atoms with Crippen LogP contribution in [0.1, 0.15) is 99.5 Å². The number of hydrogen-bond acceptors (Lipinski definition) is 5. The Labute approximate surface area is 235 Å². The Hall–Kier alpha value is -1.80. The molecule has 1 saturated heterocycles. The summed E-state index contributed by atoms with van der Waals surface area (Å²) in [5.41, 5.74) is 0.895. The summed E-state index contributed by atoms with van der Waals surface area (Å²) in [6.07, 6.45) is 5.92. The van der Waals surface area contributed by atoms with Crippen LogP contribution in [0.15, 0.2) is 24.3 Å². The molecule has 0 aliphatic carbocycles. The minimum atomic E-state index is -0.322. The molecule has 6 nitrogen and oxygen atoms in total. The second-order valence-corrected chi connectivity index (χ2v) is 14.8. The van der Waals surface area contributed by atoms with Crippen molar-refractivity contribution in [2.24, 2.45) is 0 Å². The molecule has 8 heteroatoms. The molecule has 3 amide bonds. The lowest BCUT2D eigenvalue weighted by atomic mass is 9.70. The first-order valence-electron chi connectivity index (χ1n) is 13.8. The smallest absolute Gasteiger partial charge is 0.247 e. The molecule has 1 atom stereocenters. The van der Waals surface area contributed by atoms with Crippen molar-refractivity contribution in [2.75, 3.05) is 17.8 Å². The number of hydrogen-bond donors (Lipinski definition) is 1. The van der Waals surface area contributed by atoms with E-state index in [-0.39, 0.29) is 51.3 Å². The molecule has 1 aliphatic rings. The number of imide groups is 1. The molecule has 0 bridgehead atoms. The standard InChI is InChI=1S/C30H49BN2O4S/c1-27(2,21-10-12-22(13-11-21)33-25(35)20-23(38-9)26(33)36)15-14-24(34)32-29(5,6)16-17-30(7,8)37-19-18-28(3,4)31/h10-13,23H,14-20,31H2,1-9H3,(H,32,34). The molecule has 1 unspecified atom stereocenters. The number of ether oxygens (including phenoxy) is 1. The van der Waals surface area contributed by atoms with Crippen molar-refractivity contribution in [3.8, 4) is 0 Å². The number of carbonyl (C=O) groups excluding carboxylic acids is 3. The molecule has 1 aromatic rings. The van der Waals surface area contributed by atoms with Crippen LogP contribution < -0.4 is 10.2 Å². The van der Waals surface area contributed by atoms with E-state index >= 15 is 0 Å². The van der Waals surface area contributed by atoms with E-state index in [4.69, 9.17) is 4.74 Å². The number of rotatable bonds is 14. The third-order valence-corrected chi connectivity index (χ3v) is 8.39. The monoisotopic (exact) mass is 544 g/mol. The van der Waals surface area contributed by atoms with Crippen LogP contribution in [0.3, 0.4) is 0 Å². The Morgan fingerprint density at radius 2 is 1.61 bits per heavy atom. The summed E-state index contributed by atoms with van der Waals surface area (Å²) in [5, 5.41) is 3.18. The lowest BCUT2D eigenvalue weighted by Gasteiger charge is -2.33. The second kappa shape index (κ2) is 12.6. The van der Waals surface area contributed by atoms with Gasteiger partial charge in [-0.1, -0.05) is 45.1 Å². The Bertz CT molecular complexity index is 983. The van der Waals surface area contributed by atoms with E-state index in [9.17, 15) is 14.4 Å². The molecule has 0 saturated carbocycles. The molecule has 1 heterocycles. The van der Waals surface area contributed by atoms with Crippen LogP contribution in [-0.4, -0.2) is 54.8 Å². The van der Waals surface area contributed by atoms with Gasteiger partial charge >= 0.3 is 0 Å². The van der Waals surface area contributed by atoms with E-state index in [2.05, 4.69) is 68.6 Å². The molecule has 212 valence electrons. The number of amides is 3. The lowest BCUT2D eigenvalue weighted by Crippen LogP contribution is -2.45. The Kier molecular flexibility index (Phi) is 10.7. The van der Waals surface area contributed by atoms with Crippen molar-refractivity contribution in [3.63, 3.8) is 0 Å². The van der Waals surface area contributed by atoms with Gasteiger partial charge in [-0.3, -0.25) is 14.4 Å². The molecule has 2 rings (SSSR count). The van der Waals surface area contributed by atoms with Crippen LogP contribution in [0.5, 0.6) is 0 Å². The maximum Gasteiger partial charge on any atom is 0.247 e. The number of benzene rings is 1. The zero-order valence-corrected chi connectivity index (χ0v) is 26.1. The van der Waals surface area contributed by atoms with Crippen LogP contribution in [0.4, 0.5) is 5.69 Å². The molecule has 1 N–H and O–H groups in total. The first-order chi connectivity index (χ1) is 17.4. The SMILES string of the molecule is BC(C)(C)CCOC(C)(C)CCC(C)(C)NC(=O)CCC(C)(C)c1ccc(N2C(=O)CC(SC)C2=O)cc1. The highest BCUT2D eigenvalue weighted by molar-refractivity contribution is 8.00. The molecular formula is C30H49BN2O4S. The number of anilines is 1. The normalized spacial score (nSPS) is 17.3. The van der Waals surface area contributed by atoms with Gasteiger partial charge in [0.1, 0.15) is 7.85 Å². The fraction of sp³-hybridized carbons (Fsp3) is 0.700. The first kappa shape index (κ1) is 32.4. The van der Waals surface area contributed by atoms with Gasteiger partial charge in [-0.25, -0.2) is 4.90 Å². The predicted molar refractivity (Wildman–Crippen MR) is 162 cm³/mol. The molecule has 1 fully saturated rings. The summed E-state index contributed by atoms with van der Waals surface area (Å²) < 4.78 is 6.16. The number of carbonyl (C=O) groups is 3. The van der Waals surface area contributed by atoms with Gasteiger partial charge < -0.3 is 10.1 Å². The van der Waals surface area contributed by atoms with Gasteiger partial charge in [-0.2, -0.15) is 11.8 Å². The largest absolute Gasteiger partial charge is 0.376 e. The number of nitrogens with one attached hydrogen (secondary N) is 1. The Balaban J connectivity index is 1.87. The maximum absolute atomic E-state index is 12.9. The van der Waals surface area contributed by atoms with Gasteiger partial charge in [0.25, 0.3) is 0 Å². The highest BCUT2D eigenvalue weighted by Gasteiger charge is 2.39. The molecule has 0 aromatic heterocycles. The van der Waals surface area contributed by atoms with Crippen molar-refractivity contribution in [3.05, 3.63) is 29.8 Å². The predicted octanol–water partition coefficient (Wildman–Crippen LogP) is 5.43. The topological polar surface area (TPSA) is 75.7 Å². The van der Waals surface area contributed by atoms with Crippen LogP contribution in [0.25, 0.3) is 0 Å². The minimum absolute atomic E-state index is 0.0440. The van der Waals surface area contributed by atoms with Gasteiger partial charge in [-0.05, 0) is 82.7 Å². The summed E-state index contributed by atoms with van der Waals surface area (Å²) in [6.45, 7) is 17.8. The summed E-state index contributed by atoms with van der Waals surface area (Å²) in [5.74, 6) is -0.253. The van der Waals surface area contributed by atoms with E-state index < -0.39 is 0 Å². The van der Waals surface area contributed by atoms with Gasteiger partial charge in [-0.15, -0.1) is 0 Å². The Morgan fingerprint density at radius 1 is 1.00 bits per heavy atom. The molecular weight excluding hydrogens is 495 g/mol. The number of thioether (sulfide) groups is 1. The molecule has 1 aliphatic heterocycles. The van der Waals surface area contributed by atoms with E-state index in [1.54, 1.807) is 0 Å². The van der Waals surface area contributed by atoms with Crippen molar-refractivity contribution >= 4 is 43.0 Å². The van der Waals surface area contributed by atoms with E-state index in [1.807, 2.05) is 30.5 Å². The minimum Gasteiger partial charge on any atom is -0.376 e. The zero-order valence-electron chi connectivity index (χ0n) is 25.3. The summed E-state index contributed by atoms with van der Waals surface area (Å²) in [4.78, 5) is 39.1. The fourth-order valence-electron chi connectivity index (χ4n) is 4.51. The molecule has 38 heavy (non-hydrogen) atoms. The highest BCUT2D eigenvalue weighted by Crippen LogP contribution is 2.33. The number of nitrogens with zero attached hydrogens (tertiary/aromatic N) is 1. The van der Waals surface area contributed by atoms with Crippen LogP contribution in [0, 0.1) is 0 Å². The van der Waals surface area contributed by atoms with Crippen molar-refractivity contribution in [1.82, 2.24) is 5.32 Å². The molecule has 1 aromatic carbocycles. The third kappa shape index (κ3) is 9.75. The molecule has 0 spiro atoms. The van der Waals surface area contributed by atoms with Crippen LogP contribution >= 0.6 is 11.8 Å². The van der Waals surface area contributed by atoms with Gasteiger partial charge in [0.05, 0.1) is 16.5 Å². The zero-order chi connectivity index (χ0) is 28.9. The van der Waals surface area contributed by atoms with E-state index in [0.29, 0.717) is 18.5 Å². The van der Waals surface area contributed by atoms with Gasteiger partial charge in [0.2, 0.25) is 17.7 Å². The van der Waals surface area contributed by atoms with Crippen molar-refractivity contribution in [1.29, 1.82) is 0 Å². The summed E-state index contributed by atoms with van der Waals surface area (Å²) in [7, 11) is 2.22. The van der Waals surface area contributed by atoms with E-state index in [0.717, 1.165) is 31.4 Å². The quantitative estimate of drug-likeness (QED) is 0.250. The fourth-order valence-corrected chi connectivity index (χ4v) is 5.13. The molecule has 0 radical (unpaired) electrons. The average molecular weight is 545 g/mol. The maximum atomic E-state index is 12.9. The first-order valence-corrected chi connectivity index (χ1v) is 15.1. The summed E-state index contributed by atoms with van der Waals surface area (Å²) in [6, 6.07) is 7.60. The lowest BCUT2D eigenvalue weighted by molar-refractivity contribution is -0.123. The highest BCUT2D eigenvalue weighted by atomic mass is 32.2. The Morgan fingerprint density at radius 3 is 2.13 bits per heavy atom. The van der Waals surface area contributed by atoms with E-state index in [1.165, 1.54) is 16.7 Å². The average Bonchev–Trinajstić information content (AvgIpc) is 3.08. The summed E-state index contributed by atoms with van der Waals surface area (Å²) >= 11 is 1.41. The van der Waals surface area contributed by atoms with Crippen LogP contribution in [0.2, 0.25) is 5.31 Å². The van der Waals surface area contributed by atoms with Crippen molar-refractivity contribution < 1.29 is 19.1 Å². The van der Waals surface area contributed by atoms with Crippen LogP contribution in [-0.2, 0) is 24.5 Å². The van der Waals surface area contributed by atoms with Crippen molar-refractivity contribution in [2.45, 2.75) is 121 Å². The second-order valence-electron chi connectivity index (χ2n) is 13.8. The van der Waals surface area contributed by atoms with Gasteiger partial charge in [0.15, 0.2) is 0 Å². The third-order valence-electron chi connectivity index (χ3n) is 7.45.